The Hall–Kier alpha value is -2.46. The van der Waals surface area contributed by atoms with Crippen LogP contribution in [0, 0.1) is 0 Å². The Morgan fingerprint density at radius 3 is 2.72 bits per heavy atom. The molecule has 88 valence electrons. The SMILES string of the molecule is O=C([O-])c1cccc(C2=Nc3ccccc3[NH2+]2)c1. The maximum Gasteiger partial charge on any atom is 0.237 e. The number of amidine groups is 1. The molecule has 1 heterocycles. The number of fused-ring (bicyclic) bond motifs is 1. The minimum atomic E-state index is -1.17. The second-order valence-corrected chi connectivity index (χ2v) is 4.07. The molecule has 1 aliphatic heterocycles. The van der Waals surface area contributed by atoms with Crippen LogP contribution in [-0.2, 0) is 0 Å². The molecule has 0 fully saturated rings. The van der Waals surface area contributed by atoms with Crippen molar-refractivity contribution >= 4 is 23.2 Å². The van der Waals surface area contributed by atoms with E-state index >= 15 is 0 Å². The van der Waals surface area contributed by atoms with Gasteiger partial charge in [-0.25, -0.2) is 0 Å². The molecule has 0 saturated carbocycles. The Balaban J connectivity index is 1.99. The van der Waals surface area contributed by atoms with Crippen molar-refractivity contribution < 1.29 is 15.2 Å². The summed E-state index contributed by atoms with van der Waals surface area (Å²) in [5.41, 5.74) is 2.91. The molecular weight excluding hydrogens is 228 g/mol. The quantitative estimate of drug-likeness (QED) is 0.766. The smallest absolute Gasteiger partial charge is 0.237 e. The van der Waals surface area contributed by atoms with Gasteiger partial charge in [0.15, 0.2) is 5.69 Å². The number of para-hydroxylation sites is 2. The second-order valence-electron chi connectivity index (χ2n) is 4.07. The van der Waals surface area contributed by atoms with Crippen LogP contribution in [0.2, 0.25) is 0 Å². The monoisotopic (exact) mass is 238 g/mol. The highest BCUT2D eigenvalue weighted by Crippen LogP contribution is 2.24. The number of carbonyl (C=O) groups is 1. The topological polar surface area (TPSA) is 69.1 Å². The van der Waals surface area contributed by atoms with Crippen molar-refractivity contribution in [2.45, 2.75) is 0 Å². The van der Waals surface area contributed by atoms with E-state index in [-0.39, 0.29) is 5.56 Å². The number of aromatic carboxylic acids is 1. The van der Waals surface area contributed by atoms with E-state index in [9.17, 15) is 9.90 Å². The van der Waals surface area contributed by atoms with Gasteiger partial charge in [0.25, 0.3) is 0 Å². The summed E-state index contributed by atoms with van der Waals surface area (Å²) in [5.74, 6) is -0.396. The van der Waals surface area contributed by atoms with Crippen molar-refractivity contribution in [2.75, 3.05) is 0 Å². The first-order valence-electron chi connectivity index (χ1n) is 5.58. The van der Waals surface area contributed by atoms with Gasteiger partial charge in [-0.1, -0.05) is 24.3 Å². The van der Waals surface area contributed by atoms with Gasteiger partial charge >= 0.3 is 0 Å². The summed E-state index contributed by atoms with van der Waals surface area (Å²) in [6.07, 6.45) is 0. The van der Waals surface area contributed by atoms with Gasteiger partial charge < -0.3 is 9.90 Å². The molecule has 0 atom stereocenters. The van der Waals surface area contributed by atoms with Gasteiger partial charge in [0, 0.05) is 6.07 Å². The normalized spacial score (nSPS) is 13.0. The summed E-state index contributed by atoms with van der Waals surface area (Å²) < 4.78 is 0. The van der Waals surface area contributed by atoms with Crippen LogP contribution < -0.4 is 10.4 Å². The van der Waals surface area contributed by atoms with Crippen molar-refractivity contribution in [3.05, 3.63) is 59.7 Å². The Kier molecular flexibility index (Phi) is 2.42. The number of carboxylic acid groups (broad SMARTS) is 1. The minimum Gasteiger partial charge on any atom is -0.545 e. The summed E-state index contributed by atoms with van der Waals surface area (Å²) in [5, 5.41) is 12.8. The second kappa shape index (κ2) is 4.09. The molecular formula is C14H10N2O2. The maximum atomic E-state index is 10.8. The van der Waals surface area contributed by atoms with Gasteiger partial charge in [0.2, 0.25) is 5.84 Å². The third kappa shape index (κ3) is 1.78. The Bertz CT molecular complexity index is 662. The number of nitrogens with zero attached hydrogens (tertiary/aromatic N) is 1. The number of carbonyl (C=O) groups excluding carboxylic acids is 1. The van der Waals surface area contributed by atoms with Crippen LogP contribution in [0.15, 0.2) is 53.5 Å². The highest BCUT2D eigenvalue weighted by atomic mass is 16.4. The Labute approximate surface area is 104 Å². The summed E-state index contributed by atoms with van der Waals surface area (Å²) in [6, 6.07) is 14.4. The molecule has 0 aromatic heterocycles. The zero-order valence-electron chi connectivity index (χ0n) is 9.46. The van der Waals surface area contributed by atoms with Crippen LogP contribution in [0.4, 0.5) is 11.4 Å². The van der Waals surface area contributed by atoms with Gasteiger partial charge in [-0.15, -0.1) is 0 Å². The van der Waals surface area contributed by atoms with Crippen molar-refractivity contribution in [1.82, 2.24) is 0 Å². The molecule has 0 amide bonds. The molecule has 4 heteroatoms. The van der Waals surface area contributed by atoms with E-state index in [1.807, 2.05) is 35.6 Å². The molecule has 18 heavy (non-hydrogen) atoms. The molecule has 0 spiro atoms. The molecule has 0 aliphatic carbocycles. The van der Waals surface area contributed by atoms with Crippen molar-refractivity contribution in [3.8, 4) is 0 Å². The van der Waals surface area contributed by atoms with E-state index in [4.69, 9.17) is 0 Å². The van der Waals surface area contributed by atoms with E-state index in [0.717, 1.165) is 22.8 Å². The number of rotatable bonds is 2. The Morgan fingerprint density at radius 2 is 1.94 bits per heavy atom. The molecule has 0 unspecified atom stereocenters. The molecule has 2 aromatic carbocycles. The minimum absolute atomic E-state index is 0.166. The van der Waals surface area contributed by atoms with Gasteiger partial charge in [-0.2, -0.15) is 4.99 Å². The number of aliphatic imine (C=N–C) groups is 1. The van der Waals surface area contributed by atoms with Gasteiger partial charge in [-0.3, -0.25) is 5.32 Å². The predicted molar refractivity (Wildman–Crippen MR) is 65.0 cm³/mol. The first kappa shape index (κ1) is 10.7. The third-order valence-corrected chi connectivity index (χ3v) is 2.86. The van der Waals surface area contributed by atoms with Gasteiger partial charge in [-0.05, 0) is 23.8 Å². The number of hydrogen-bond donors (Lipinski definition) is 1. The average Bonchev–Trinajstić information content (AvgIpc) is 2.82. The fraction of sp³-hybridized carbons (Fsp3) is 0. The van der Waals surface area contributed by atoms with E-state index < -0.39 is 5.97 Å². The van der Waals surface area contributed by atoms with Crippen molar-refractivity contribution in [2.24, 2.45) is 4.99 Å². The molecule has 0 saturated heterocycles. The molecule has 1 aliphatic rings. The van der Waals surface area contributed by atoms with Crippen LogP contribution >= 0.6 is 0 Å². The van der Waals surface area contributed by atoms with Crippen molar-refractivity contribution in [3.63, 3.8) is 0 Å². The van der Waals surface area contributed by atoms with Crippen LogP contribution in [0.1, 0.15) is 15.9 Å². The number of benzene rings is 2. The number of hydrogen-bond acceptors (Lipinski definition) is 3. The fourth-order valence-electron chi connectivity index (χ4n) is 1.97. The zero-order chi connectivity index (χ0) is 12.5. The number of carboxylic acids is 1. The lowest BCUT2D eigenvalue weighted by atomic mass is 10.1. The lowest BCUT2D eigenvalue weighted by Crippen LogP contribution is -2.80. The van der Waals surface area contributed by atoms with E-state index in [0.29, 0.717) is 0 Å². The highest BCUT2D eigenvalue weighted by molar-refractivity contribution is 5.99. The lowest BCUT2D eigenvalue weighted by Gasteiger charge is -2.03. The molecule has 2 aromatic rings. The van der Waals surface area contributed by atoms with Crippen LogP contribution in [0.3, 0.4) is 0 Å². The lowest BCUT2D eigenvalue weighted by molar-refractivity contribution is -0.437. The van der Waals surface area contributed by atoms with E-state index in [2.05, 4.69) is 4.99 Å². The third-order valence-electron chi connectivity index (χ3n) is 2.86. The Morgan fingerprint density at radius 1 is 1.11 bits per heavy atom. The molecule has 2 N–H and O–H groups in total. The van der Waals surface area contributed by atoms with Gasteiger partial charge in [0.1, 0.15) is 5.69 Å². The standard InChI is InChI=1S/C14H10N2O2/c17-14(18)10-5-3-4-9(8-10)13-15-11-6-1-2-7-12(11)16-13/h1-8H,(H,15,16)(H,17,18). The number of quaternary nitrogens is 1. The average molecular weight is 238 g/mol. The largest absolute Gasteiger partial charge is 0.545 e. The van der Waals surface area contributed by atoms with E-state index in [1.165, 1.54) is 6.07 Å². The van der Waals surface area contributed by atoms with Crippen molar-refractivity contribution in [1.29, 1.82) is 0 Å². The van der Waals surface area contributed by atoms with Gasteiger partial charge in [0.05, 0.1) is 11.5 Å². The molecule has 3 rings (SSSR count). The summed E-state index contributed by atoms with van der Waals surface area (Å²) in [7, 11) is 0. The predicted octanol–water partition coefficient (Wildman–Crippen LogP) is 0.337. The van der Waals surface area contributed by atoms with Crippen LogP contribution in [0.5, 0.6) is 0 Å². The molecule has 0 bridgehead atoms. The first-order chi connectivity index (χ1) is 8.74. The first-order valence-corrected chi connectivity index (χ1v) is 5.58. The molecule has 0 radical (unpaired) electrons. The summed E-state index contributed by atoms with van der Waals surface area (Å²) >= 11 is 0. The van der Waals surface area contributed by atoms with Crippen LogP contribution in [0.25, 0.3) is 0 Å². The summed E-state index contributed by atoms with van der Waals surface area (Å²) in [6.45, 7) is 0. The van der Waals surface area contributed by atoms with Crippen LogP contribution in [-0.4, -0.2) is 11.8 Å². The highest BCUT2D eigenvalue weighted by Gasteiger charge is 2.20. The number of nitrogens with two attached hydrogens (primary N) is 1. The fourth-order valence-corrected chi connectivity index (χ4v) is 1.97. The molecule has 4 nitrogen and oxygen atoms in total. The van der Waals surface area contributed by atoms with E-state index in [1.54, 1.807) is 12.1 Å². The zero-order valence-corrected chi connectivity index (χ0v) is 9.46. The summed E-state index contributed by atoms with van der Waals surface area (Å²) in [4.78, 5) is 15.3. The maximum absolute atomic E-state index is 10.8.